The zero-order chi connectivity index (χ0) is 17.2. The third-order valence-electron chi connectivity index (χ3n) is 4.79. The van der Waals surface area contributed by atoms with E-state index in [0.29, 0.717) is 4.99 Å². The van der Waals surface area contributed by atoms with E-state index in [9.17, 15) is 9.90 Å². The van der Waals surface area contributed by atoms with Gasteiger partial charge in [0.2, 0.25) is 0 Å². The summed E-state index contributed by atoms with van der Waals surface area (Å²) in [6.45, 7) is 0. The first-order valence-corrected chi connectivity index (χ1v) is 8.50. The molecule has 3 rings (SSSR count). The van der Waals surface area contributed by atoms with Gasteiger partial charge in [-0.05, 0) is 42.5 Å². The maximum absolute atomic E-state index is 11.4. The van der Waals surface area contributed by atoms with Gasteiger partial charge in [-0.2, -0.15) is 0 Å². The number of pyridine rings is 1. The third kappa shape index (κ3) is 2.80. The van der Waals surface area contributed by atoms with Gasteiger partial charge in [0, 0.05) is 24.7 Å². The highest BCUT2D eigenvalue weighted by molar-refractivity contribution is 7.80. The summed E-state index contributed by atoms with van der Waals surface area (Å²) in [5.74, 6) is -0.927. The summed E-state index contributed by atoms with van der Waals surface area (Å²) in [7, 11) is 1.80. The average molecular weight is 340 g/mol. The number of carboxylic acid groups (broad SMARTS) is 1. The Labute approximate surface area is 146 Å². The summed E-state index contributed by atoms with van der Waals surface area (Å²) < 4.78 is 0. The molecule has 5 heteroatoms. The molecule has 1 aromatic heterocycles. The number of aliphatic carboxylic acids is 1. The molecule has 1 saturated carbocycles. The Balaban J connectivity index is 2.23. The van der Waals surface area contributed by atoms with Crippen LogP contribution in [0.3, 0.4) is 0 Å². The van der Waals surface area contributed by atoms with Crippen molar-refractivity contribution in [1.82, 2.24) is 10.3 Å². The fourth-order valence-electron chi connectivity index (χ4n) is 3.66. The Hall–Kier alpha value is -2.27. The van der Waals surface area contributed by atoms with Crippen molar-refractivity contribution in [2.45, 2.75) is 31.1 Å². The number of likely N-dealkylation sites (N-methyl/N-ethyl adjacent to an activating group) is 1. The van der Waals surface area contributed by atoms with Gasteiger partial charge < -0.3 is 10.4 Å². The largest absolute Gasteiger partial charge is 0.478 e. The van der Waals surface area contributed by atoms with E-state index >= 15 is 0 Å². The molecule has 1 heterocycles. The second-order valence-corrected chi connectivity index (χ2v) is 6.52. The number of nitrogens with zero attached hydrogens (tertiary/aromatic N) is 1. The van der Waals surface area contributed by atoms with E-state index in [2.05, 4.69) is 16.4 Å². The number of rotatable bonds is 3. The smallest absolute Gasteiger partial charge is 0.328 e. The van der Waals surface area contributed by atoms with Crippen molar-refractivity contribution >= 4 is 34.1 Å². The number of thiocarbonyl (C=S) groups is 1. The Morgan fingerprint density at radius 2 is 2.17 bits per heavy atom. The van der Waals surface area contributed by atoms with E-state index in [0.717, 1.165) is 47.7 Å². The zero-order valence-corrected chi connectivity index (χ0v) is 14.4. The summed E-state index contributed by atoms with van der Waals surface area (Å²) in [5.41, 5.74) is 2.16. The second-order valence-electron chi connectivity index (χ2n) is 6.12. The second kappa shape index (κ2) is 6.69. The standard InChI is InChI=1S/C19H20N2O2S/c1-20-18(24)19(9-5-4-7-14(19)11-17(22)23)15-10-13-6-2-3-8-16(13)21-12-15/h2-3,6,8,10-12H,4-5,7,9H2,1H3,(H,20,24)(H,22,23). The summed E-state index contributed by atoms with van der Waals surface area (Å²) in [5, 5.41) is 13.4. The van der Waals surface area contributed by atoms with Crippen molar-refractivity contribution in [1.29, 1.82) is 0 Å². The molecular formula is C19H20N2O2S. The quantitative estimate of drug-likeness (QED) is 0.660. The van der Waals surface area contributed by atoms with Gasteiger partial charge in [0.05, 0.1) is 15.9 Å². The third-order valence-corrected chi connectivity index (χ3v) is 5.34. The maximum atomic E-state index is 11.4. The van der Waals surface area contributed by atoms with Crippen molar-refractivity contribution in [3.8, 4) is 0 Å². The molecule has 1 atom stereocenters. The Kier molecular flexibility index (Phi) is 4.62. The Morgan fingerprint density at radius 3 is 2.92 bits per heavy atom. The van der Waals surface area contributed by atoms with Gasteiger partial charge in [-0.25, -0.2) is 4.79 Å². The first kappa shape index (κ1) is 16.6. The Morgan fingerprint density at radius 1 is 1.38 bits per heavy atom. The molecule has 0 bridgehead atoms. The van der Waals surface area contributed by atoms with Crippen molar-refractivity contribution in [2.24, 2.45) is 0 Å². The van der Waals surface area contributed by atoms with Gasteiger partial charge in [0.15, 0.2) is 0 Å². The van der Waals surface area contributed by atoms with Gasteiger partial charge >= 0.3 is 5.97 Å². The number of hydrogen-bond donors (Lipinski definition) is 2. The minimum atomic E-state index is -0.927. The van der Waals surface area contributed by atoms with Crippen LogP contribution in [0.2, 0.25) is 0 Å². The van der Waals surface area contributed by atoms with E-state index < -0.39 is 11.4 Å². The van der Waals surface area contributed by atoms with E-state index in [1.165, 1.54) is 6.08 Å². The normalized spacial score (nSPS) is 22.5. The van der Waals surface area contributed by atoms with Crippen molar-refractivity contribution in [3.05, 3.63) is 53.7 Å². The molecule has 0 amide bonds. The highest BCUT2D eigenvalue weighted by atomic mass is 32.1. The summed E-state index contributed by atoms with van der Waals surface area (Å²) >= 11 is 5.65. The van der Waals surface area contributed by atoms with Crippen molar-refractivity contribution in [2.75, 3.05) is 7.05 Å². The van der Waals surface area contributed by atoms with Crippen molar-refractivity contribution in [3.63, 3.8) is 0 Å². The van der Waals surface area contributed by atoms with Crippen LogP contribution in [0, 0.1) is 0 Å². The number of carbonyl (C=O) groups is 1. The van der Waals surface area contributed by atoms with E-state index in [-0.39, 0.29) is 0 Å². The van der Waals surface area contributed by atoms with Crippen LogP contribution in [-0.4, -0.2) is 28.1 Å². The summed E-state index contributed by atoms with van der Waals surface area (Å²) in [6.07, 6.45) is 6.69. The highest BCUT2D eigenvalue weighted by Gasteiger charge is 2.42. The monoisotopic (exact) mass is 340 g/mol. The molecule has 0 aliphatic heterocycles. The fourth-order valence-corrected chi connectivity index (χ4v) is 4.01. The van der Waals surface area contributed by atoms with Crippen LogP contribution in [0.15, 0.2) is 48.2 Å². The fraction of sp³-hybridized carbons (Fsp3) is 0.316. The minimum absolute atomic E-state index is 0.586. The van der Waals surface area contributed by atoms with Crippen LogP contribution in [0.5, 0.6) is 0 Å². The molecule has 0 saturated heterocycles. The van der Waals surface area contributed by atoms with Crippen molar-refractivity contribution < 1.29 is 9.90 Å². The first-order chi connectivity index (χ1) is 11.6. The molecule has 1 unspecified atom stereocenters. The molecule has 1 aliphatic carbocycles. The molecular weight excluding hydrogens is 320 g/mol. The predicted molar refractivity (Wildman–Crippen MR) is 99.3 cm³/mol. The lowest BCUT2D eigenvalue weighted by Gasteiger charge is -2.40. The van der Waals surface area contributed by atoms with Crippen LogP contribution in [0.4, 0.5) is 0 Å². The minimum Gasteiger partial charge on any atom is -0.478 e. The van der Waals surface area contributed by atoms with Crippen LogP contribution in [0.1, 0.15) is 31.2 Å². The first-order valence-electron chi connectivity index (χ1n) is 8.09. The van der Waals surface area contributed by atoms with Gasteiger partial charge in [-0.15, -0.1) is 0 Å². The maximum Gasteiger partial charge on any atom is 0.328 e. The molecule has 2 aromatic rings. The molecule has 0 radical (unpaired) electrons. The number of carboxylic acids is 1. The molecule has 1 fully saturated rings. The molecule has 0 spiro atoms. The lowest BCUT2D eigenvalue weighted by Crippen LogP contribution is -2.45. The van der Waals surface area contributed by atoms with E-state index in [1.807, 2.05) is 30.5 Å². The van der Waals surface area contributed by atoms with Crippen LogP contribution in [-0.2, 0) is 10.2 Å². The SMILES string of the molecule is CNC(=S)C1(c2cnc3ccccc3c2)CCCCC1=CC(=O)O. The zero-order valence-electron chi connectivity index (χ0n) is 13.6. The number of fused-ring (bicyclic) bond motifs is 1. The summed E-state index contributed by atoms with van der Waals surface area (Å²) in [6, 6.07) is 10.0. The topological polar surface area (TPSA) is 62.2 Å². The molecule has 4 nitrogen and oxygen atoms in total. The Bertz CT molecular complexity index is 831. The van der Waals surface area contributed by atoms with E-state index in [4.69, 9.17) is 12.2 Å². The van der Waals surface area contributed by atoms with Gasteiger partial charge in [-0.3, -0.25) is 4.98 Å². The van der Waals surface area contributed by atoms with Gasteiger partial charge in [-0.1, -0.05) is 36.8 Å². The predicted octanol–water partition coefficient (Wildman–Crippen LogP) is 3.60. The summed E-state index contributed by atoms with van der Waals surface area (Å²) in [4.78, 5) is 16.6. The number of benzene rings is 1. The number of nitrogens with one attached hydrogen (secondary N) is 1. The van der Waals surface area contributed by atoms with Gasteiger partial charge in [0.1, 0.15) is 0 Å². The molecule has 124 valence electrons. The lowest BCUT2D eigenvalue weighted by molar-refractivity contribution is -0.131. The highest BCUT2D eigenvalue weighted by Crippen LogP contribution is 2.44. The average Bonchev–Trinajstić information content (AvgIpc) is 2.60. The molecule has 1 aliphatic rings. The molecule has 24 heavy (non-hydrogen) atoms. The lowest BCUT2D eigenvalue weighted by atomic mass is 9.66. The van der Waals surface area contributed by atoms with E-state index in [1.54, 1.807) is 7.05 Å². The molecule has 2 N–H and O–H groups in total. The van der Waals surface area contributed by atoms with Crippen LogP contribution in [0.25, 0.3) is 10.9 Å². The number of aromatic nitrogens is 1. The van der Waals surface area contributed by atoms with Crippen LogP contribution < -0.4 is 5.32 Å². The van der Waals surface area contributed by atoms with Crippen LogP contribution >= 0.6 is 12.2 Å². The molecule has 1 aromatic carbocycles. The number of hydrogen-bond acceptors (Lipinski definition) is 3. The number of para-hydroxylation sites is 1. The van der Waals surface area contributed by atoms with Gasteiger partial charge in [0.25, 0.3) is 0 Å².